The van der Waals surface area contributed by atoms with Crippen LogP contribution in [0.25, 0.3) is 0 Å². The van der Waals surface area contributed by atoms with Crippen LogP contribution in [0.3, 0.4) is 0 Å². The monoisotopic (exact) mass is 207 g/mol. The van der Waals surface area contributed by atoms with E-state index in [4.69, 9.17) is 0 Å². The van der Waals surface area contributed by atoms with Crippen molar-refractivity contribution in [1.29, 1.82) is 0 Å². The molecule has 0 aliphatic carbocycles. The van der Waals surface area contributed by atoms with Gasteiger partial charge in [-0.2, -0.15) is 0 Å². The molecule has 0 saturated carbocycles. The van der Waals surface area contributed by atoms with E-state index < -0.39 is 0 Å². The summed E-state index contributed by atoms with van der Waals surface area (Å²) in [4.78, 5) is 28.1. The van der Waals surface area contributed by atoms with Crippen LogP contribution in [0, 0.1) is 0 Å². The van der Waals surface area contributed by atoms with E-state index in [1.165, 1.54) is 0 Å². The Bertz CT molecular complexity index is 397. The SMILES string of the molecule is CCn1ccnc1CN1CCC(=O)C1=O. The van der Waals surface area contributed by atoms with Gasteiger partial charge in [0.1, 0.15) is 5.82 Å². The van der Waals surface area contributed by atoms with Gasteiger partial charge in [-0.25, -0.2) is 4.98 Å². The number of ketones is 1. The van der Waals surface area contributed by atoms with Crippen LogP contribution in [0.4, 0.5) is 0 Å². The smallest absolute Gasteiger partial charge is 0.290 e. The third-order valence-electron chi connectivity index (χ3n) is 2.61. The van der Waals surface area contributed by atoms with Crippen molar-refractivity contribution >= 4 is 11.7 Å². The predicted molar refractivity (Wildman–Crippen MR) is 52.9 cm³/mol. The molecule has 0 N–H and O–H groups in total. The van der Waals surface area contributed by atoms with Gasteiger partial charge >= 0.3 is 0 Å². The van der Waals surface area contributed by atoms with E-state index in [-0.39, 0.29) is 11.7 Å². The molecule has 2 rings (SSSR count). The summed E-state index contributed by atoms with van der Waals surface area (Å²) in [5.41, 5.74) is 0. The molecule has 1 aliphatic heterocycles. The van der Waals surface area contributed by atoms with Crippen molar-refractivity contribution in [2.24, 2.45) is 0 Å². The highest BCUT2D eigenvalue weighted by atomic mass is 16.2. The Balaban J connectivity index is 2.09. The molecule has 2 heterocycles. The van der Waals surface area contributed by atoms with Gasteiger partial charge in [0.05, 0.1) is 6.54 Å². The molecule has 5 heteroatoms. The Morgan fingerprint density at radius 1 is 1.47 bits per heavy atom. The van der Waals surface area contributed by atoms with Gasteiger partial charge in [0.15, 0.2) is 0 Å². The van der Waals surface area contributed by atoms with E-state index in [1.807, 2.05) is 17.7 Å². The highest BCUT2D eigenvalue weighted by Crippen LogP contribution is 2.10. The summed E-state index contributed by atoms with van der Waals surface area (Å²) in [5.74, 6) is 0.172. The molecular weight excluding hydrogens is 194 g/mol. The van der Waals surface area contributed by atoms with Gasteiger partial charge < -0.3 is 9.47 Å². The van der Waals surface area contributed by atoms with Crippen LogP contribution in [0.15, 0.2) is 12.4 Å². The van der Waals surface area contributed by atoms with E-state index >= 15 is 0 Å². The second kappa shape index (κ2) is 3.84. The third kappa shape index (κ3) is 1.77. The fourth-order valence-corrected chi connectivity index (χ4v) is 1.72. The lowest BCUT2D eigenvalue weighted by molar-refractivity contribution is -0.140. The minimum atomic E-state index is -0.374. The zero-order chi connectivity index (χ0) is 10.8. The lowest BCUT2D eigenvalue weighted by Crippen LogP contribution is -2.28. The van der Waals surface area contributed by atoms with Crippen molar-refractivity contribution in [1.82, 2.24) is 14.5 Å². The van der Waals surface area contributed by atoms with Crippen LogP contribution < -0.4 is 0 Å². The van der Waals surface area contributed by atoms with E-state index in [2.05, 4.69) is 4.98 Å². The van der Waals surface area contributed by atoms with Crippen LogP contribution in [-0.4, -0.2) is 32.7 Å². The molecule has 1 aromatic rings. The Labute approximate surface area is 87.7 Å². The van der Waals surface area contributed by atoms with Crippen LogP contribution in [0.1, 0.15) is 19.2 Å². The summed E-state index contributed by atoms with van der Waals surface area (Å²) >= 11 is 0. The first-order valence-corrected chi connectivity index (χ1v) is 5.04. The number of amides is 1. The van der Waals surface area contributed by atoms with Crippen molar-refractivity contribution in [2.45, 2.75) is 26.4 Å². The molecule has 0 spiro atoms. The van der Waals surface area contributed by atoms with Gasteiger partial charge in [-0.05, 0) is 6.92 Å². The number of rotatable bonds is 3. The fraction of sp³-hybridized carbons (Fsp3) is 0.500. The number of Topliss-reactive ketones (excluding diaryl/α,β-unsaturated/α-hetero) is 1. The number of aromatic nitrogens is 2. The van der Waals surface area contributed by atoms with E-state index in [9.17, 15) is 9.59 Å². The first kappa shape index (κ1) is 9.89. The van der Waals surface area contributed by atoms with Crippen molar-refractivity contribution in [3.63, 3.8) is 0 Å². The van der Waals surface area contributed by atoms with Gasteiger partial charge in [0.25, 0.3) is 5.91 Å². The summed E-state index contributed by atoms with van der Waals surface area (Å²) in [5, 5.41) is 0. The van der Waals surface area contributed by atoms with Crippen LogP contribution >= 0.6 is 0 Å². The summed E-state index contributed by atoms with van der Waals surface area (Å²) < 4.78 is 1.97. The highest BCUT2D eigenvalue weighted by Gasteiger charge is 2.29. The number of hydrogen-bond acceptors (Lipinski definition) is 3. The predicted octanol–water partition coefficient (Wildman–Crippen LogP) is 0.204. The number of aryl methyl sites for hydroxylation is 1. The number of nitrogens with zero attached hydrogens (tertiary/aromatic N) is 3. The first-order chi connectivity index (χ1) is 7.22. The molecule has 0 unspecified atom stereocenters. The Hall–Kier alpha value is -1.65. The van der Waals surface area contributed by atoms with Crippen molar-refractivity contribution < 1.29 is 9.59 Å². The Morgan fingerprint density at radius 3 is 2.87 bits per heavy atom. The molecular formula is C10H13N3O2. The molecule has 0 atom stereocenters. The number of carbonyl (C=O) groups excluding carboxylic acids is 2. The van der Waals surface area contributed by atoms with Crippen LogP contribution in [-0.2, 0) is 22.7 Å². The zero-order valence-electron chi connectivity index (χ0n) is 8.64. The number of imidazole rings is 1. The first-order valence-electron chi connectivity index (χ1n) is 5.04. The zero-order valence-corrected chi connectivity index (χ0v) is 8.64. The van der Waals surface area contributed by atoms with Gasteiger partial charge in [0, 0.05) is 31.9 Å². The van der Waals surface area contributed by atoms with E-state index in [0.29, 0.717) is 19.5 Å². The molecule has 0 aromatic carbocycles. The van der Waals surface area contributed by atoms with Crippen molar-refractivity contribution in [2.75, 3.05) is 6.54 Å². The van der Waals surface area contributed by atoms with Crippen molar-refractivity contribution in [3.8, 4) is 0 Å². The van der Waals surface area contributed by atoms with Gasteiger partial charge in [0.2, 0.25) is 5.78 Å². The summed E-state index contributed by atoms with van der Waals surface area (Å²) in [6, 6.07) is 0. The molecule has 80 valence electrons. The summed E-state index contributed by atoms with van der Waals surface area (Å²) in [7, 11) is 0. The second-order valence-corrected chi connectivity index (χ2v) is 3.53. The second-order valence-electron chi connectivity index (χ2n) is 3.53. The molecule has 0 radical (unpaired) electrons. The molecule has 5 nitrogen and oxygen atoms in total. The lowest BCUT2D eigenvalue weighted by Gasteiger charge is -2.14. The van der Waals surface area contributed by atoms with Gasteiger partial charge in [-0.3, -0.25) is 9.59 Å². The maximum Gasteiger partial charge on any atom is 0.290 e. The lowest BCUT2D eigenvalue weighted by atomic mass is 10.3. The maximum absolute atomic E-state index is 11.4. The van der Waals surface area contributed by atoms with Crippen LogP contribution in [0.5, 0.6) is 0 Å². The minimum absolute atomic E-state index is 0.287. The largest absolute Gasteiger partial charge is 0.334 e. The average molecular weight is 207 g/mol. The highest BCUT2D eigenvalue weighted by molar-refractivity contribution is 6.37. The van der Waals surface area contributed by atoms with E-state index in [0.717, 1.165) is 12.4 Å². The minimum Gasteiger partial charge on any atom is -0.334 e. The van der Waals surface area contributed by atoms with Gasteiger partial charge in [-0.1, -0.05) is 0 Å². The normalized spacial score (nSPS) is 16.5. The van der Waals surface area contributed by atoms with Crippen LogP contribution in [0.2, 0.25) is 0 Å². The summed E-state index contributed by atoms with van der Waals surface area (Å²) in [6.45, 7) is 3.80. The maximum atomic E-state index is 11.4. The third-order valence-corrected chi connectivity index (χ3v) is 2.61. The number of carbonyl (C=O) groups is 2. The van der Waals surface area contributed by atoms with E-state index in [1.54, 1.807) is 11.1 Å². The molecule has 1 fully saturated rings. The molecule has 15 heavy (non-hydrogen) atoms. The molecule has 1 aliphatic rings. The molecule has 1 saturated heterocycles. The molecule has 1 aromatic heterocycles. The molecule has 1 amide bonds. The number of likely N-dealkylation sites (tertiary alicyclic amines) is 1. The number of hydrogen-bond donors (Lipinski definition) is 0. The standard InChI is InChI=1S/C10H13N3O2/c1-2-12-6-4-11-9(12)7-13-5-3-8(14)10(13)15/h4,6H,2-3,5,7H2,1H3. The fourth-order valence-electron chi connectivity index (χ4n) is 1.72. The molecule has 0 bridgehead atoms. The summed E-state index contributed by atoms with van der Waals surface area (Å²) in [6.07, 6.45) is 3.92. The quantitative estimate of drug-likeness (QED) is 0.665. The Morgan fingerprint density at radius 2 is 2.27 bits per heavy atom. The van der Waals surface area contributed by atoms with Gasteiger partial charge in [-0.15, -0.1) is 0 Å². The van der Waals surface area contributed by atoms with Crippen molar-refractivity contribution in [3.05, 3.63) is 18.2 Å². The topological polar surface area (TPSA) is 55.2 Å². The average Bonchev–Trinajstić information content (AvgIpc) is 2.80. The Kier molecular flexibility index (Phi) is 2.53.